The SMILES string of the molecule is CC(CCN(C)C)N1CC(N)CC1=O. The smallest absolute Gasteiger partial charge is 0.224 e. The van der Waals surface area contributed by atoms with E-state index in [1.165, 1.54) is 0 Å². The summed E-state index contributed by atoms with van der Waals surface area (Å²) in [6, 6.07) is 0.364. The highest BCUT2D eigenvalue weighted by Gasteiger charge is 2.29. The van der Waals surface area contributed by atoms with Crippen molar-refractivity contribution in [2.45, 2.75) is 31.8 Å². The molecule has 1 rings (SSSR count). The van der Waals surface area contributed by atoms with Crippen molar-refractivity contribution in [3.8, 4) is 0 Å². The molecule has 14 heavy (non-hydrogen) atoms. The molecule has 2 N–H and O–H groups in total. The first-order chi connectivity index (χ1) is 6.50. The lowest BCUT2D eigenvalue weighted by molar-refractivity contribution is -0.129. The number of rotatable bonds is 4. The third-order valence-electron chi connectivity index (χ3n) is 2.71. The van der Waals surface area contributed by atoms with Crippen LogP contribution in [0.4, 0.5) is 0 Å². The minimum atomic E-state index is 0.0457. The van der Waals surface area contributed by atoms with Gasteiger partial charge in [-0.15, -0.1) is 0 Å². The van der Waals surface area contributed by atoms with Gasteiger partial charge in [0.05, 0.1) is 0 Å². The van der Waals surface area contributed by atoms with Crippen LogP contribution in [-0.2, 0) is 4.79 Å². The van der Waals surface area contributed by atoms with Crippen molar-refractivity contribution < 1.29 is 4.79 Å². The van der Waals surface area contributed by atoms with Crippen molar-refractivity contribution >= 4 is 5.91 Å². The van der Waals surface area contributed by atoms with E-state index in [4.69, 9.17) is 5.73 Å². The van der Waals surface area contributed by atoms with Crippen molar-refractivity contribution in [1.82, 2.24) is 9.80 Å². The van der Waals surface area contributed by atoms with Gasteiger partial charge in [0.15, 0.2) is 0 Å². The highest BCUT2D eigenvalue weighted by molar-refractivity contribution is 5.79. The predicted molar refractivity (Wildman–Crippen MR) is 56.9 cm³/mol. The van der Waals surface area contributed by atoms with Crippen LogP contribution in [0, 0.1) is 0 Å². The number of nitrogens with two attached hydrogens (primary N) is 1. The highest BCUT2D eigenvalue weighted by atomic mass is 16.2. The summed E-state index contributed by atoms with van der Waals surface area (Å²) in [4.78, 5) is 15.5. The van der Waals surface area contributed by atoms with E-state index >= 15 is 0 Å². The molecule has 2 atom stereocenters. The summed E-state index contributed by atoms with van der Waals surface area (Å²) in [5.74, 6) is 0.212. The van der Waals surface area contributed by atoms with Crippen molar-refractivity contribution in [3.05, 3.63) is 0 Å². The van der Waals surface area contributed by atoms with Crippen molar-refractivity contribution in [2.75, 3.05) is 27.2 Å². The molecule has 1 aliphatic rings. The summed E-state index contributed by atoms with van der Waals surface area (Å²) < 4.78 is 0. The van der Waals surface area contributed by atoms with Crippen LogP contribution in [0.2, 0.25) is 0 Å². The van der Waals surface area contributed by atoms with Crippen molar-refractivity contribution in [2.24, 2.45) is 5.73 Å². The molecule has 0 aliphatic carbocycles. The quantitative estimate of drug-likeness (QED) is 0.687. The van der Waals surface area contributed by atoms with E-state index < -0.39 is 0 Å². The van der Waals surface area contributed by atoms with Crippen LogP contribution in [0.5, 0.6) is 0 Å². The van der Waals surface area contributed by atoms with Crippen molar-refractivity contribution in [1.29, 1.82) is 0 Å². The summed E-state index contributed by atoms with van der Waals surface area (Å²) in [6.45, 7) is 3.84. The highest BCUT2D eigenvalue weighted by Crippen LogP contribution is 2.14. The van der Waals surface area contributed by atoms with E-state index in [1.807, 2.05) is 19.0 Å². The Morgan fingerprint density at radius 2 is 2.29 bits per heavy atom. The Morgan fingerprint density at radius 1 is 1.64 bits per heavy atom. The zero-order chi connectivity index (χ0) is 10.7. The minimum absolute atomic E-state index is 0.0457. The Bertz CT molecular complexity index is 206. The van der Waals surface area contributed by atoms with Crippen molar-refractivity contribution in [3.63, 3.8) is 0 Å². The number of likely N-dealkylation sites (tertiary alicyclic amines) is 1. The number of hydrogen-bond donors (Lipinski definition) is 1. The van der Waals surface area contributed by atoms with E-state index in [-0.39, 0.29) is 11.9 Å². The number of nitrogens with zero attached hydrogens (tertiary/aromatic N) is 2. The van der Waals surface area contributed by atoms with Crippen LogP contribution < -0.4 is 5.73 Å². The second-order valence-electron chi connectivity index (χ2n) is 4.45. The predicted octanol–water partition coefficient (Wildman–Crippen LogP) is -0.114. The van der Waals surface area contributed by atoms with Crippen LogP contribution in [0.15, 0.2) is 0 Å². The molecule has 0 bridgehead atoms. The molecule has 1 heterocycles. The minimum Gasteiger partial charge on any atom is -0.338 e. The van der Waals surface area contributed by atoms with Crippen LogP contribution in [-0.4, -0.2) is 55.0 Å². The third kappa shape index (κ3) is 2.96. The fourth-order valence-electron chi connectivity index (χ4n) is 1.79. The average Bonchev–Trinajstić information content (AvgIpc) is 2.41. The second-order valence-corrected chi connectivity index (χ2v) is 4.45. The molecule has 0 spiro atoms. The molecule has 0 aromatic rings. The lowest BCUT2D eigenvalue weighted by Gasteiger charge is -2.25. The molecule has 0 aromatic heterocycles. The van der Waals surface area contributed by atoms with Crippen LogP contribution in [0.25, 0.3) is 0 Å². The molecule has 1 amide bonds. The zero-order valence-electron chi connectivity index (χ0n) is 9.36. The molecule has 1 fully saturated rings. The summed E-state index contributed by atoms with van der Waals surface area (Å²) in [5, 5.41) is 0. The standard InChI is InChI=1S/C10H21N3O/c1-8(4-5-12(2)3)13-7-9(11)6-10(13)14/h8-9H,4-7,11H2,1-3H3. The molecular formula is C10H21N3O. The van der Waals surface area contributed by atoms with Gasteiger partial charge in [0.1, 0.15) is 0 Å². The van der Waals surface area contributed by atoms with E-state index in [0.717, 1.165) is 19.5 Å². The van der Waals surface area contributed by atoms with Gasteiger partial charge in [0.2, 0.25) is 5.91 Å². The average molecular weight is 199 g/mol. The van der Waals surface area contributed by atoms with Gasteiger partial charge in [-0.2, -0.15) is 0 Å². The third-order valence-corrected chi connectivity index (χ3v) is 2.71. The Hall–Kier alpha value is -0.610. The van der Waals surface area contributed by atoms with E-state index in [0.29, 0.717) is 12.5 Å². The maximum atomic E-state index is 11.5. The molecule has 0 radical (unpaired) electrons. The first-order valence-corrected chi connectivity index (χ1v) is 5.20. The zero-order valence-corrected chi connectivity index (χ0v) is 9.36. The molecule has 4 heteroatoms. The van der Waals surface area contributed by atoms with Crippen LogP contribution in [0.1, 0.15) is 19.8 Å². The fourth-order valence-corrected chi connectivity index (χ4v) is 1.79. The van der Waals surface area contributed by atoms with E-state index in [9.17, 15) is 4.79 Å². The fraction of sp³-hybridized carbons (Fsp3) is 0.900. The van der Waals surface area contributed by atoms with Gasteiger partial charge >= 0.3 is 0 Å². The maximum Gasteiger partial charge on any atom is 0.224 e. The molecule has 1 saturated heterocycles. The Labute approximate surface area is 86.0 Å². The second kappa shape index (κ2) is 4.75. The van der Waals surface area contributed by atoms with Gasteiger partial charge in [0.25, 0.3) is 0 Å². The largest absolute Gasteiger partial charge is 0.338 e. The van der Waals surface area contributed by atoms with Gasteiger partial charge < -0.3 is 15.5 Å². The lowest BCUT2D eigenvalue weighted by Crippen LogP contribution is -2.37. The van der Waals surface area contributed by atoms with Gasteiger partial charge in [-0.25, -0.2) is 0 Å². The molecule has 0 saturated carbocycles. The normalized spacial score (nSPS) is 24.8. The topological polar surface area (TPSA) is 49.6 Å². The monoisotopic (exact) mass is 199 g/mol. The number of carbonyl (C=O) groups is 1. The number of carbonyl (C=O) groups excluding carboxylic acids is 1. The Morgan fingerprint density at radius 3 is 2.71 bits per heavy atom. The molecule has 82 valence electrons. The molecule has 2 unspecified atom stereocenters. The lowest BCUT2D eigenvalue weighted by atomic mass is 10.2. The first kappa shape index (κ1) is 11.5. The molecule has 4 nitrogen and oxygen atoms in total. The van der Waals surface area contributed by atoms with E-state index in [2.05, 4.69) is 11.8 Å². The van der Waals surface area contributed by atoms with Crippen LogP contribution in [0.3, 0.4) is 0 Å². The summed E-state index contributed by atoms with van der Waals surface area (Å²) >= 11 is 0. The Kier molecular flexibility index (Phi) is 3.89. The number of amides is 1. The van der Waals surface area contributed by atoms with E-state index in [1.54, 1.807) is 0 Å². The Balaban J connectivity index is 2.37. The molecule has 0 aromatic carbocycles. The van der Waals surface area contributed by atoms with Gasteiger partial charge in [0, 0.05) is 25.0 Å². The molecular weight excluding hydrogens is 178 g/mol. The maximum absolute atomic E-state index is 11.5. The summed E-state index contributed by atoms with van der Waals surface area (Å²) in [7, 11) is 4.09. The van der Waals surface area contributed by atoms with Gasteiger partial charge in [-0.05, 0) is 34.0 Å². The molecule has 1 aliphatic heterocycles. The first-order valence-electron chi connectivity index (χ1n) is 5.20. The summed E-state index contributed by atoms with van der Waals surface area (Å²) in [5.41, 5.74) is 5.74. The van der Waals surface area contributed by atoms with Crippen LogP contribution >= 0.6 is 0 Å². The summed E-state index contributed by atoms with van der Waals surface area (Å²) in [6.07, 6.45) is 1.54. The number of hydrogen-bond acceptors (Lipinski definition) is 3. The van der Waals surface area contributed by atoms with Gasteiger partial charge in [-0.3, -0.25) is 4.79 Å². The van der Waals surface area contributed by atoms with Gasteiger partial charge in [-0.1, -0.05) is 0 Å².